The predicted molar refractivity (Wildman–Crippen MR) is 65.3 cm³/mol. The van der Waals surface area contributed by atoms with E-state index in [0.29, 0.717) is 12.2 Å². The van der Waals surface area contributed by atoms with E-state index in [1.165, 1.54) is 0 Å². The fourth-order valence-corrected chi connectivity index (χ4v) is 2.13. The van der Waals surface area contributed by atoms with Crippen LogP contribution >= 0.6 is 0 Å². The number of benzene rings is 1. The summed E-state index contributed by atoms with van der Waals surface area (Å²) in [4.78, 5) is 20.9. The Labute approximate surface area is 103 Å². The highest BCUT2D eigenvalue weighted by Gasteiger charge is 2.39. The number of rotatable bonds is 1. The zero-order chi connectivity index (χ0) is 12.8. The van der Waals surface area contributed by atoms with Crippen LogP contribution in [0.5, 0.6) is 5.75 Å². The first kappa shape index (κ1) is 11.0. The molecule has 1 aromatic heterocycles. The molecule has 92 valence electrons. The summed E-state index contributed by atoms with van der Waals surface area (Å²) in [5.41, 5.74) is 3.23. The molecule has 0 saturated heterocycles. The molecular weight excluding hydrogens is 232 g/mol. The predicted octanol–water partition coefficient (Wildman–Crippen LogP) is 1.52. The highest BCUT2D eigenvalue weighted by molar-refractivity contribution is 5.88. The lowest BCUT2D eigenvalue weighted by Gasteiger charge is -2.32. The Hall–Kier alpha value is -2.14. The second-order valence-electron chi connectivity index (χ2n) is 4.64. The van der Waals surface area contributed by atoms with Crippen molar-refractivity contribution in [1.82, 2.24) is 10.5 Å². The standard InChI is InChI=1S/C13H12N2O3/c1-13(12(16)17)7-8-4-5-10-9(3-2-6-14-10)11(8)18-15-13/h2-6,15H,7H2,1H3,(H,16,17)/t13-/m0/s1. The molecule has 0 amide bonds. The smallest absolute Gasteiger partial charge is 0.327 e. The first-order chi connectivity index (χ1) is 8.60. The molecule has 1 atom stereocenters. The van der Waals surface area contributed by atoms with Crippen LogP contribution in [-0.4, -0.2) is 21.6 Å². The Morgan fingerprint density at radius 1 is 1.50 bits per heavy atom. The first-order valence-electron chi connectivity index (χ1n) is 5.64. The maximum atomic E-state index is 11.2. The number of carbonyl (C=O) groups is 1. The number of pyridine rings is 1. The van der Waals surface area contributed by atoms with E-state index in [-0.39, 0.29) is 0 Å². The van der Waals surface area contributed by atoms with Crippen LogP contribution in [0.2, 0.25) is 0 Å². The van der Waals surface area contributed by atoms with Gasteiger partial charge in [-0.3, -0.25) is 9.78 Å². The van der Waals surface area contributed by atoms with Gasteiger partial charge >= 0.3 is 5.97 Å². The van der Waals surface area contributed by atoms with Gasteiger partial charge in [-0.1, -0.05) is 6.07 Å². The number of hydroxylamine groups is 1. The van der Waals surface area contributed by atoms with E-state index in [0.717, 1.165) is 16.5 Å². The average Bonchev–Trinajstić information content (AvgIpc) is 2.38. The van der Waals surface area contributed by atoms with Crippen molar-refractivity contribution in [3.8, 4) is 5.75 Å². The Kier molecular flexibility index (Phi) is 2.24. The zero-order valence-electron chi connectivity index (χ0n) is 9.80. The lowest BCUT2D eigenvalue weighted by Crippen LogP contribution is -2.55. The molecule has 0 aliphatic carbocycles. The Morgan fingerprint density at radius 3 is 3.11 bits per heavy atom. The van der Waals surface area contributed by atoms with Crippen LogP contribution in [0.3, 0.4) is 0 Å². The first-order valence-corrected chi connectivity index (χ1v) is 5.64. The van der Waals surface area contributed by atoms with Gasteiger partial charge in [0.25, 0.3) is 0 Å². The van der Waals surface area contributed by atoms with Gasteiger partial charge in [0.2, 0.25) is 0 Å². The quantitative estimate of drug-likeness (QED) is 0.795. The molecule has 2 heterocycles. The van der Waals surface area contributed by atoms with Crippen molar-refractivity contribution in [2.24, 2.45) is 0 Å². The minimum Gasteiger partial charge on any atom is -0.480 e. The number of fused-ring (bicyclic) bond motifs is 3. The third-order valence-corrected chi connectivity index (χ3v) is 3.21. The summed E-state index contributed by atoms with van der Waals surface area (Å²) in [6.07, 6.45) is 2.09. The minimum atomic E-state index is -1.09. The fraction of sp³-hybridized carbons (Fsp3) is 0.231. The van der Waals surface area contributed by atoms with Crippen molar-refractivity contribution < 1.29 is 14.7 Å². The van der Waals surface area contributed by atoms with Crippen molar-refractivity contribution in [3.05, 3.63) is 36.0 Å². The van der Waals surface area contributed by atoms with Gasteiger partial charge in [-0.25, -0.2) is 0 Å². The van der Waals surface area contributed by atoms with E-state index in [4.69, 9.17) is 4.84 Å². The highest BCUT2D eigenvalue weighted by Crippen LogP contribution is 2.34. The number of carboxylic acids is 1. The minimum absolute atomic E-state index is 0.377. The third kappa shape index (κ3) is 1.52. The zero-order valence-corrected chi connectivity index (χ0v) is 9.80. The van der Waals surface area contributed by atoms with Crippen LogP contribution in [0, 0.1) is 0 Å². The summed E-state index contributed by atoms with van der Waals surface area (Å²) in [7, 11) is 0. The SMILES string of the molecule is C[C@@]1(C(=O)O)Cc2ccc3ncccc3c2ON1. The van der Waals surface area contributed by atoms with Crippen molar-refractivity contribution in [1.29, 1.82) is 0 Å². The number of hydrogen-bond acceptors (Lipinski definition) is 4. The van der Waals surface area contributed by atoms with Gasteiger partial charge in [0, 0.05) is 23.6 Å². The monoisotopic (exact) mass is 244 g/mol. The Morgan fingerprint density at radius 2 is 2.33 bits per heavy atom. The van der Waals surface area contributed by atoms with Crippen molar-refractivity contribution in [2.75, 3.05) is 0 Å². The summed E-state index contributed by atoms with van der Waals surface area (Å²) in [6.45, 7) is 1.60. The summed E-state index contributed by atoms with van der Waals surface area (Å²) >= 11 is 0. The number of aromatic nitrogens is 1. The van der Waals surface area contributed by atoms with E-state index < -0.39 is 11.5 Å². The Balaban J connectivity index is 2.14. The number of nitrogens with one attached hydrogen (secondary N) is 1. The Bertz CT molecular complexity index is 641. The molecule has 2 aromatic rings. The largest absolute Gasteiger partial charge is 0.480 e. The number of carboxylic acid groups (broad SMARTS) is 1. The summed E-state index contributed by atoms with van der Waals surface area (Å²) in [6, 6.07) is 7.49. The van der Waals surface area contributed by atoms with Crippen LogP contribution in [0.15, 0.2) is 30.5 Å². The molecule has 0 saturated carbocycles. The van der Waals surface area contributed by atoms with E-state index in [9.17, 15) is 9.90 Å². The van der Waals surface area contributed by atoms with Crippen LogP contribution in [0.25, 0.3) is 10.9 Å². The van der Waals surface area contributed by atoms with E-state index in [2.05, 4.69) is 10.5 Å². The molecule has 5 nitrogen and oxygen atoms in total. The second-order valence-corrected chi connectivity index (χ2v) is 4.64. The summed E-state index contributed by atoms with van der Waals surface area (Å²) < 4.78 is 0. The van der Waals surface area contributed by atoms with Crippen molar-refractivity contribution in [2.45, 2.75) is 18.9 Å². The lowest BCUT2D eigenvalue weighted by molar-refractivity contribution is -0.148. The molecule has 5 heteroatoms. The van der Waals surface area contributed by atoms with E-state index in [1.807, 2.05) is 24.3 Å². The van der Waals surface area contributed by atoms with Crippen LogP contribution < -0.4 is 10.3 Å². The van der Waals surface area contributed by atoms with Crippen LogP contribution in [0.1, 0.15) is 12.5 Å². The van der Waals surface area contributed by atoms with E-state index in [1.54, 1.807) is 13.1 Å². The van der Waals surface area contributed by atoms with Crippen LogP contribution in [0.4, 0.5) is 0 Å². The number of hydrogen-bond donors (Lipinski definition) is 2. The van der Waals surface area contributed by atoms with Gasteiger partial charge in [0.1, 0.15) is 0 Å². The van der Waals surface area contributed by atoms with E-state index >= 15 is 0 Å². The molecule has 0 radical (unpaired) electrons. The van der Waals surface area contributed by atoms with Gasteiger partial charge in [-0.2, -0.15) is 0 Å². The molecule has 0 unspecified atom stereocenters. The maximum absolute atomic E-state index is 11.2. The molecule has 1 aliphatic rings. The lowest BCUT2D eigenvalue weighted by atomic mass is 9.91. The number of nitrogens with zero attached hydrogens (tertiary/aromatic N) is 1. The molecule has 0 fully saturated rings. The molecule has 1 aromatic carbocycles. The normalized spacial score (nSPS) is 22.3. The van der Waals surface area contributed by atoms with Gasteiger partial charge in [0.05, 0.1) is 5.52 Å². The topological polar surface area (TPSA) is 71.5 Å². The van der Waals surface area contributed by atoms with Gasteiger partial charge in [0.15, 0.2) is 11.3 Å². The molecule has 18 heavy (non-hydrogen) atoms. The summed E-state index contributed by atoms with van der Waals surface area (Å²) in [5, 5.41) is 10.1. The average molecular weight is 244 g/mol. The third-order valence-electron chi connectivity index (χ3n) is 3.21. The van der Waals surface area contributed by atoms with Gasteiger partial charge in [-0.05, 0) is 25.1 Å². The molecule has 0 bridgehead atoms. The highest BCUT2D eigenvalue weighted by atomic mass is 16.7. The molecular formula is C13H12N2O3. The second kappa shape index (κ2) is 3.68. The van der Waals surface area contributed by atoms with Crippen molar-refractivity contribution >= 4 is 16.9 Å². The van der Waals surface area contributed by atoms with Gasteiger partial charge in [-0.15, -0.1) is 5.48 Å². The van der Waals surface area contributed by atoms with Gasteiger partial charge < -0.3 is 9.94 Å². The molecule has 3 rings (SSSR count). The fourth-order valence-electron chi connectivity index (χ4n) is 2.13. The molecule has 0 spiro atoms. The van der Waals surface area contributed by atoms with Crippen molar-refractivity contribution in [3.63, 3.8) is 0 Å². The number of aliphatic carboxylic acids is 1. The van der Waals surface area contributed by atoms with Crippen LogP contribution in [-0.2, 0) is 11.2 Å². The maximum Gasteiger partial charge on any atom is 0.327 e. The molecule has 1 aliphatic heterocycles. The molecule has 2 N–H and O–H groups in total. The summed E-state index contributed by atoms with van der Waals surface area (Å²) in [5.74, 6) is -0.265.